The first-order valence-electron chi connectivity index (χ1n) is 11.7. The molecule has 0 saturated carbocycles. The first-order chi connectivity index (χ1) is 16.9. The molecular weight excluding hydrogens is 442 g/mol. The Morgan fingerprint density at radius 3 is 2.40 bits per heavy atom. The number of amides is 1. The van der Waals surface area contributed by atoms with E-state index in [2.05, 4.69) is 0 Å². The van der Waals surface area contributed by atoms with Crippen molar-refractivity contribution in [1.29, 1.82) is 0 Å². The van der Waals surface area contributed by atoms with Crippen molar-refractivity contribution >= 4 is 16.9 Å². The van der Waals surface area contributed by atoms with Crippen molar-refractivity contribution < 1.29 is 18.7 Å². The Morgan fingerprint density at radius 2 is 1.69 bits per heavy atom. The Hall–Kier alpha value is -4.06. The first kappa shape index (κ1) is 22.7. The van der Waals surface area contributed by atoms with Crippen molar-refractivity contribution in [1.82, 2.24) is 4.90 Å². The van der Waals surface area contributed by atoms with Gasteiger partial charge in [0, 0.05) is 6.54 Å². The molecule has 0 radical (unpaired) electrons. The lowest BCUT2D eigenvalue weighted by atomic mass is 9.97. The summed E-state index contributed by atoms with van der Waals surface area (Å²) < 4.78 is 17.1. The Bertz CT molecular complexity index is 1490. The van der Waals surface area contributed by atoms with E-state index < -0.39 is 6.04 Å². The zero-order chi connectivity index (χ0) is 24.7. The number of methoxy groups -OCH3 is 1. The predicted octanol–water partition coefficient (Wildman–Crippen LogP) is 5.56. The second kappa shape index (κ2) is 8.95. The molecule has 0 saturated heterocycles. The molecule has 0 N–H and O–H groups in total. The van der Waals surface area contributed by atoms with Crippen LogP contribution in [0.15, 0.2) is 69.9 Å². The smallest absolute Gasteiger partial charge is 0.291 e. The zero-order valence-electron chi connectivity index (χ0n) is 20.3. The molecule has 1 aliphatic heterocycles. The van der Waals surface area contributed by atoms with E-state index in [0.717, 1.165) is 28.0 Å². The molecule has 0 aliphatic carbocycles. The molecule has 1 unspecified atom stereocenters. The molecule has 1 aromatic heterocycles. The summed E-state index contributed by atoms with van der Waals surface area (Å²) in [5.74, 6) is 1.22. The average Bonchev–Trinajstić information content (AvgIpc) is 3.13. The van der Waals surface area contributed by atoms with Crippen LogP contribution in [0.4, 0.5) is 0 Å². The van der Waals surface area contributed by atoms with Gasteiger partial charge in [-0.1, -0.05) is 24.3 Å². The monoisotopic (exact) mass is 469 g/mol. The van der Waals surface area contributed by atoms with E-state index in [1.807, 2.05) is 81.4 Å². The SMILES string of the molecule is CCOc1cccc(C2c3c(oc4cc(C)c(C)cc4c3=O)C(=O)N2Cc2ccc(OC)cc2)c1. The topological polar surface area (TPSA) is 69.0 Å². The maximum Gasteiger partial charge on any atom is 0.291 e. The molecule has 0 fully saturated rings. The minimum absolute atomic E-state index is 0.103. The average molecular weight is 470 g/mol. The van der Waals surface area contributed by atoms with E-state index in [1.54, 1.807) is 12.0 Å². The fourth-order valence-electron chi connectivity index (χ4n) is 4.65. The summed E-state index contributed by atoms with van der Waals surface area (Å²) in [7, 11) is 1.61. The van der Waals surface area contributed by atoms with Gasteiger partial charge in [0.2, 0.25) is 5.76 Å². The standard InChI is InChI=1S/C29H27NO5/c1-5-34-22-8-6-7-20(15-22)26-25-27(31)23-13-17(2)18(3)14-24(23)35-28(25)29(32)30(26)16-19-9-11-21(33-4)12-10-19/h6-15,26H,5,16H2,1-4H3. The lowest BCUT2D eigenvalue weighted by Crippen LogP contribution is -2.29. The molecule has 6 nitrogen and oxygen atoms in total. The van der Waals surface area contributed by atoms with Gasteiger partial charge in [-0.25, -0.2) is 0 Å². The summed E-state index contributed by atoms with van der Waals surface area (Å²) in [5, 5.41) is 0.483. The fourth-order valence-corrected chi connectivity index (χ4v) is 4.65. The quantitative estimate of drug-likeness (QED) is 0.370. The van der Waals surface area contributed by atoms with Crippen LogP contribution >= 0.6 is 0 Å². The number of aryl methyl sites for hydroxylation is 2. The number of fused-ring (bicyclic) bond motifs is 2. The normalized spacial score (nSPS) is 14.9. The van der Waals surface area contributed by atoms with Crippen LogP contribution in [0.5, 0.6) is 11.5 Å². The molecule has 4 aromatic rings. The highest BCUT2D eigenvalue weighted by Gasteiger charge is 2.42. The van der Waals surface area contributed by atoms with Crippen molar-refractivity contribution in [3.8, 4) is 11.5 Å². The lowest BCUT2D eigenvalue weighted by molar-refractivity contribution is 0.0714. The first-order valence-corrected chi connectivity index (χ1v) is 11.7. The van der Waals surface area contributed by atoms with Crippen molar-refractivity contribution in [3.05, 3.63) is 104 Å². The summed E-state index contributed by atoms with van der Waals surface area (Å²) in [6, 6.07) is 18.2. The molecule has 6 heteroatoms. The number of benzene rings is 3. The molecule has 178 valence electrons. The summed E-state index contributed by atoms with van der Waals surface area (Å²) >= 11 is 0. The number of ether oxygens (including phenoxy) is 2. The van der Waals surface area contributed by atoms with Crippen LogP contribution in [-0.2, 0) is 6.54 Å². The van der Waals surface area contributed by atoms with Gasteiger partial charge in [0.1, 0.15) is 17.1 Å². The minimum Gasteiger partial charge on any atom is -0.497 e. The molecule has 3 aromatic carbocycles. The number of carbonyl (C=O) groups is 1. The molecule has 0 bridgehead atoms. The number of hydrogen-bond donors (Lipinski definition) is 0. The van der Waals surface area contributed by atoms with Gasteiger partial charge in [0.15, 0.2) is 5.43 Å². The van der Waals surface area contributed by atoms with Crippen LogP contribution in [0.3, 0.4) is 0 Å². The minimum atomic E-state index is -0.595. The fraction of sp³-hybridized carbons (Fsp3) is 0.241. The van der Waals surface area contributed by atoms with E-state index in [0.29, 0.717) is 35.4 Å². The molecule has 5 rings (SSSR count). The predicted molar refractivity (Wildman–Crippen MR) is 134 cm³/mol. The molecule has 1 amide bonds. The van der Waals surface area contributed by atoms with Gasteiger partial charge >= 0.3 is 0 Å². The Balaban J connectivity index is 1.70. The Morgan fingerprint density at radius 1 is 0.943 bits per heavy atom. The van der Waals surface area contributed by atoms with Gasteiger partial charge in [-0.3, -0.25) is 9.59 Å². The largest absolute Gasteiger partial charge is 0.497 e. The van der Waals surface area contributed by atoms with E-state index >= 15 is 0 Å². The lowest BCUT2D eigenvalue weighted by Gasteiger charge is -2.25. The summed E-state index contributed by atoms with van der Waals surface area (Å²) in [6.07, 6.45) is 0. The van der Waals surface area contributed by atoms with Crippen molar-refractivity contribution in [2.24, 2.45) is 0 Å². The maximum absolute atomic E-state index is 13.8. The molecule has 1 atom stereocenters. The third kappa shape index (κ3) is 3.95. The highest BCUT2D eigenvalue weighted by molar-refractivity contribution is 5.99. The molecule has 1 aliphatic rings. The Kier molecular flexibility index (Phi) is 5.81. The third-order valence-corrected chi connectivity index (χ3v) is 6.58. The summed E-state index contributed by atoms with van der Waals surface area (Å²) in [5.41, 5.74) is 4.34. The van der Waals surface area contributed by atoms with Crippen LogP contribution < -0.4 is 14.9 Å². The maximum atomic E-state index is 13.8. The van der Waals surface area contributed by atoms with Crippen molar-refractivity contribution in [3.63, 3.8) is 0 Å². The van der Waals surface area contributed by atoms with Crippen LogP contribution in [0.2, 0.25) is 0 Å². The van der Waals surface area contributed by atoms with Gasteiger partial charge in [-0.15, -0.1) is 0 Å². The highest BCUT2D eigenvalue weighted by Crippen LogP contribution is 2.40. The number of carbonyl (C=O) groups excluding carboxylic acids is 1. The highest BCUT2D eigenvalue weighted by atomic mass is 16.5. The van der Waals surface area contributed by atoms with E-state index in [9.17, 15) is 9.59 Å². The number of nitrogens with zero attached hydrogens (tertiary/aromatic N) is 1. The Labute approximate surface area is 203 Å². The second-order valence-electron chi connectivity index (χ2n) is 8.80. The third-order valence-electron chi connectivity index (χ3n) is 6.58. The van der Waals surface area contributed by atoms with Crippen molar-refractivity contribution in [2.45, 2.75) is 33.4 Å². The molecule has 2 heterocycles. The van der Waals surface area contributed by atoms with Gasteiger partial charge < -0.3 is 18.8 Å². The van der Waals surface area contributed by atoms with Gasteiger partial charge in [0.25, 0.3) is 5.91 Å². The molecule has 0 spiro atoms. The van der Waals surface area contributed by atoms with E-state index in [4.69, 9.17) is 13.9 Å². The summed E-state index contributed by atoms with van der Waals surface area (Å²) in [6.45, 7) is 6.67. The second-order valence-corrected chi connectivity index (χ2v) is 8.80. The van der Waals surface area contributed by atoms with Crippen LogP contribution in [0, 0.1) is 13.8 Å². The summed E-state index contributed by atoms with van der Waals surface area (Å²) in [4.78, 5) is 29.2. The van der Waals surface area contributed by atoms with Gasteiger partial charge in [0.05, 0.1) is 30.7 Å². The number of hydrogen-bond acceptors (Lipinski definition) is 5. The molecule has 35 heavy (non-hydrogen) atoms. The van der Waals surface area contributed by atoms with Crippen LogP contribution in [0.25, 0.3) is 11.0 Å². The van der Waals surface area contributed by atoms with Gasteiger partial charge in [-0.05, 0) is 79.4 Å². The van der Waals surface area contributed by atoms with Gasteiger partial charge in [-0.2, -0.15) is 0 Å². The number of rotatable bonds is 6. The van der Waals surface area contributed by atoms with Crippen molar-refractivity contribution in [2.75, 3.05) is 13.7 Å². The van der Waals surface area contributed by atoms with E-state index in [-0.39, 0.29) is 17.1 Å². The van der Waals surface area contributed by atoms with E-state index in [1.165, 1.54) is 0 Å². The molecular formula is C29H27NO5. The van der Waals surface area contributed by atoms with Crippen LogP contribution in [0.1, 0.15) is 51.3 Å². The van der Waals surface area contributed by atoms with Crippen LogP contribution in [-0.4, -0.2) is 24.5 Å². The zero-order valence-corrected chi connectivity index (χ0v) is 20.3.